The van der Waals surface area contributed by atoms with Crippen molar-refractivity contribution in [1.82, 2.24) is 4.98 Å². The molecule has 3 aromatic carbocycles. The number of nitrogens with two attached hydrogens (primary N) is 1. The van der Waals surface area contributed by atoms with Crippen molar-refractivity contribution in [3.8, 4) is 17.0 Å². The quantitative estimate of drug-likeness (QED) is 0.514. The summed E-state index contributed by atoms with van der Waals surface area (Å²) in [6.45, 7) is -0.218. The highest BCUT2D eigenvalue weighted by Gasteiger charge is 2.08. The van der Waals surface area contributed by atoms with Crippen LogP contribution in [0.4, 0.5) is 5.82 Å². The van der Waals surface area contributed by atoms with Gasteiger partial charge in [-0.1, -0.05) is 48.5 Å². The van der Waals surface area contributed by atoms with E-state index in [0.717, 1.165) is 22.0 Å². The van der Waals surface area contributed by atoms with Gasteiger partial charge in [0.25, 0.3) is 5.91 Å². The largest absolute Gasteiger partial charge is 0.484 e. The van der Waals surface area contributed by atoms with Gasteiger partial charge in [-0.3, -0.25) is 9.59 Å². The number of carbonyl (C=O) groups is 2. The third-order valence-electron chi connectivity index (χ3n) is 4.55. The molecule has 1 aromatic heterocycles. The monoisotopic (exact) mass is 397 g/mol. The third kappa shape index (κ3) is 4.44. The molecule has 0 aliphatic heterocycles. The first-order valence-corrected chi connectivity index (χ1v) is 9.37. The molecule has 0 bridgehead atoms. The van der Waals surface area contributed by atoms with E-state index in [2.05, 4.69) is 28.5 Å². The fraction of sp³-hybridized carbons (Fsp3) is 0.0417. The number of ether oxygens (including phenoxy) is 1. The summed E-state index contributed by atoms with van der Waals surface area (Å²) in [6, 6.07) is 26.0. The summed E-state index contributed by atoms with van der Waals surface area (Å²) in [5.74, 6) is -0.0956. The molecule has 6 nitrogen and oxygen atoms in total. The molecule has 4 aromatic rings. The van der Waals surface area contributed by atoms with Gasteiger partial charge in [0.15, 0.2) is 6.61 Å². The molecule has 148 valence electrons. The van der Waals surface area contributed by atoms with Gasteiger partial charge in [-0.25, -0.2) is 4.98 Å². The third-order valence-corrected chi connectivity index (χ3v) is 4.55. The summed E-state index contributed by atoms with van der Waals surface area (Å²) in [5.41, 5.74) is 7.29. The Morgan fingerprint density at radius 1 is 0.867 bits per heavy atom. The molecule has 2 amide bonds. The van der Waals surface area contributed by atoms with Crippen LogP contribution in [0.15, 0.2) is 84.9 Å². The van der Waals surface area contributed by atoms with Gasteiger partial charge in [-0.05, 0) is 47.2 Å². The van der Waals surface area contributed by atoms with Crippen LogP contribution in [0.1, 0.15) is 10.4 Å². The highest BCUT2D eigenvalue weighted by Crippen LogP contribution is 2.24. The lowest BCUT2D eigenvalue weighted by molar-refractivity contribution is -0.118. The van der Waals surface area contributed by atoms with Crippen LogP contribution in [0.5, 0.6) is 5.75 Å². The van der Waals surface area contributed by atoms with Crippen LogP contribution in [-0.2, 0) is 4.79 Å². The van der Waals surface area contributed by atoms with Crippen molar-refractivity contribution >= 4 is 28.4 Å². The number of nitrogens with one attached hydrogen (secondary N) is 1. The fourth-order valence-corrected chi connectivity index (χ4v) is 3.08. The first-order valence-electron chi connectivity index (χ1n) is 9.37. The van der Waals surface area contributed by atoms with Gasteiger partial charge in [-0.15, -0.1) is 0 Å². The highest BCUT2D eigenvalue weighted by molar-refractivity contribution is 5.93. The zero-order valence-corrected chi connectivity index (χ0v) is 16.0. The molecule has 0 saturated heterocycles. The van der Waals surface area contributed by atoms with Crippen molar-refractivity contribution in [2.75, 3.05) is 11.9 Å². The average molecular weight is 397 g/mol. The maximum atomic E-state index is 12.3. The number of anilines is 1. The van der Waals surface area contributed by atoms with Crippen LogP contribution in [0.3, 0.4) is 0 Å². The summed E-state index contributed by atoms with van der Waals surface area (Å²) < 4.78 is 5.45. The topological polar surface area (TPSA) is 94.3 Å². The van der Waals surface area contributed by atoms with Gasteiger partial charge in [0.05, 0.1) is 5.69 Å². The SMILES string of the molecule is NC(=O)c1cccc(OCC(=O)Nc2cccc(-c3ccc4ccccc4c3)n2)c1. The average Bonchev–Trinajstić information content (AvgIpc) is 2.78. The van der Waals surface area contributed by atoms with E-state index in [-0.39, 0.29) is 12.5 Å². The van der Waals surface area contributed by atoms with Crippen LogP contribution in [0.25, 0.3) is 22.0 Å². The smallest absolute Gasteiger partial charge is 0.263 e. The highest BCUT2D eigenvalue weighted by atomic mass is 16.5. The second kappa shape index (κ2) is 8.45. The molecular weight excluding hydrogens is 378 g/mol. The first-order chi connectivity index (χ1) is 14.6. The molecule has 0 aliphatic carbocycles. The molecule has 4 rings (SSSR count). The Kier molecular flexibility index (Phi) is 5.39. The van der Waals surface area contributed by atoms with E-state index in [1.165, 1.54) is 6.07 Å². The molecule has 30 heavy (non-hydrogen) atoms. The van der Waals surface area contributed by atoms with Gasteiger partial charge < -0.3 is 15.8 Å². The second-order valence-electron chi connectivity index (χ2n) is 6.70. The van der Waals surface area contributed by atoms with Crippen LogP contribution < -0.4 is 15.8 Å². The number of hydrogen-bond acceptors (Lipinski definition) is 4. The van der Waals surface area contributed by atoms with Crippen molar-refractivity contribution < 1.29 is 14.3 Å². The predicted octanol–water partition coefficient (Wildman–Crippen LogP) is 4.02. The number of rotatable bonds is 6. The summed E-state index contributed by atoms with van der Waals surface area (Å²) >= 11 is 0. The molecule has 0 aliphatic rings. The minimum absolute atomic E-state index is 0.218. The zero-order chi connectivity index (χ0) is 20.9. The minimum atomic E-state index is -0.556. The number of fused-ring (bicyclic) bond motifs is 1. The Hall–Kier alpha value is -4.19. The Labute approximate surface area is 173 Å². The molecule has 0 atom stereocenters. The fourth-order valence-electron chi connectivity index (χ4n) is 3.08. The molecule has 6 heteroatoms. The maximum Gasteiger partial charge on any atom is 0.263 e. The van der Waals surface area contributed by atoms with Crippen LogP contribution >= 0.6 is 0 Å². The number of aromatic nitrogens is 1. The van der Waals surface area contributed by atoms with Crippen LogP contribution in [-0.4, -0.2) is 23.4 Å². The minimum Gasteiger partial charge on any atom is -0.484 e. The number of pyridine rings is 1. The van der Waals surface area contributed by atoms with E-state index < -0.39 is 5.91 Å². The summed E-state index contributed by atoms with van der Waals surface area (Å²) in [4.78, 5) is 28.0. The molecule has 0 unspecified atom stereocenters. The van der Waals surface area contributed by atoms with E-state index >= 15 is 0 Å². The molecule has 3 N–H and O–H groups in total. The number of amides is 2. The molecule has 1 heterocycles. The standard InChI is InChI=1S/C24H19N3O3/c25-24(29)19-7-3-8-20(14-19)30-15-23(28)27-22-10-4-9-21(26-22)18-12-11-16-5-1-2-6-17(16)13-18/h1-14H,15H2,(H2,25,29)(H,26,27,28). The van der Waals surface area contributed by atoms with E-state index in [1.54, 1.807) is 24.3 Å². The maximum absolute atomic E-state index is 12.3. The lowest BCUT2D eigenvalue weighted by Gasteiger charge is -2.09. The molecular formula is C24H19N3O3. The Balaban J connectivity index is 1.44. The van der Waals surface area contributed by atoms with Crippen molar-refractivity contribution in [2.45, 2.75) is 0 Å². The Bertz CT molecular complexity index is 1240. The normalized spacial score (nSPS) is 10.5. The van der Waals surface area contributed by atoms with Gasteiger partial charge in [-0.2, -0.15) is 0 Å². The number of primary amides is 1. The number of hydrogen-bond donors (Lipinski definition) is 2. The molecule has 0 spiro atoms. The number of nitrogens with zero attached hydrogens (tertiary/aromatic N) is 1. The van der Waals surface area contributed by atoms with Crippen LogP contribution in [0.2, 0.25) is 0 Å². The molecule has 0 fully saturated rings. The van der Waals surface area contributed by atoms with Gasteiger partial charge in [0.1, 0.15) is 11.6 Å². The van der Waals surface area contributed by atoms with Gasteiger partial charge in [0.2, 0.25) is 5.91 Å². The Morgan fingerprint density at radius 3 is 2.50 bits per heavy atom. The van der Waals surface area contributed by atoms with Crippen molar-refractivity contribution in [2.24, 2.45) is 5.73 Å². The number of benzene rings is 3. The lowest BCUT2D eigenvalue weighted by atomic mass is 10.0. The van der Waals surface area contributed by atoms with Crippen molar-refractivity contribution in [3.63, 3.8) is 0 Å². The molecule has 0 radical (unpaired) electrons. The molecule has 0 saturated carbocycles. The predicted molar refractivity (Wildman–Crippen MR) is 116 cm³/mol. The van der Waals surface area contributed by atoms with Gasteiger partial charge >= 0.3 is 0 Å². The second-order valence-corrected chi connectivity index (χ2v) is 6.70. The van der Waals surface area contributed by atoms with Gasteiger partial charge in [0, 0.05) is 11.1 Å². The number of carbonyl (C=O) groups excluding carboxylic acids is 2. The summed E-state index contributed by atoms with van der Waals surface area (Å²) in [6.07, 6.45) is 0. The van der Waals surface area contributed by atoms with E-state index in [0.29, 0.717) is 17.1 Å². The lowest BCUT2D eigenvalue weighted by Crippen LogP contribution is -2.21. The van der Waals surface area contributed by atoms with E-state index in [4.69, 9.17) is 10.5 Å². The van der Waals surface area contributed by atoms with Crippen molar-refractivity contribution in [1.29, 1.82) is 0 Å². The van der Waals surface area contributed by atoms with Crippen LogP contribution in [0, 0.1) is 0 Å². The summed E-state index contributed by atoms with van der Waals surface area (Å²) in [5, 5.41) is 5.01. The summed E-state index contributed by atoms with van der Waals surface area (Å²) in [7, 11) is 0. The van der Waals surface area contributed by atoms with E-state index in [1.807, 2.05) is 36.4 Å². The van der Waals surface area contributed by atoms with Crippen molar-refractivity contribution in [3.05, 3.63) is 90.5 Å². The van der Waals surface area contributed by atoms with E-state index in [9.17, 15) is 9.59 Å². The Morgan fingerprint density at radius 2 is 1.67 bits per heavy atom. The first kappa shape index (κ1) is 19.1. The zero-order valence-electron chi connectivity index (χ0n) is 16.0.